The number of nitrogens with zero attached hydrogens (tertiary/aromatic N) is 3. The van der Waals surface area contributed by atoms with Crippen LogP contribution in [0, 0.1) is 11.6 Å². The van der Waals surface area contributed by atoms with Crippen molar-refractivity contribution in [3.8, 4) is 17.1 Å². The summed E-state index contributed by atoms with van der Waals surface area (Å²) in [5.41, 5.74) is 1.58. The number of benzene rings is 3. The van der Waals surface area contributed by atoms with Gasteiger partial charge in [-0.1, -0.05) is 41.0 Å². The number of halogens is 4. The first kappa shape index (κ1) is 19.9. The monoisotopic (exact) mass is 447 g/mol. The molecule has 3 aromatic carbocycles. The molecular weight excluding hydrogens is 435 g/mol. The van der Waals surface area contributed by atoms with Crippen LogP contribution in [0.4, 0.5) is 8.78 Å². The lowest BCUT2D eigenvalue weighted by Gasteiger charge is -2.11. The number of aromatic nitrogens is 3. The Bertz CT molecular complexity index is 1130. The minimum Gasteiger partial charge on any atom is -0.270 e. The lowest BCUT2D eigenvalue weighted by atomic mass is 10.2. The average molecular weight is 448 g/mol. The highest BCUT2D eigenvalue weighted by Crippen LogP contribution is 2.31. The molecule has 0 atom stereocenters. The molecule has 1 heterocycles. The number of hydrogen-bond acceptors (Lipinski definition) is 3. The van der Waals surface area contributed by atoms with Gasteiger partial charge in [-0.3, -0.25) is 4.57 Å². The van der Waals surface area contributed by atoms with Crippen LogP contribution < -0.4 is 0 Å². The van der Waals surface area contributed by atoms with Gasteiger partial charge in [-0.2, -0.15) is 0 Å². The molecule has 0 amide bonds. The van der Waals surface area contributed by atoms with E-state index >= 15 is 0 Å². The summed E-state index contributed by atoms with van der Waals surface area (Å²) in [5, 5.41) is 10.3. The molecule has 146 valence electrons. The van der Waals surface area contributed by atoms with Crippen molar-refractivity contribution >= 4 is 35.0 Å². The molecule has 0 unspecified atom stereocenters. The van der Waals surface area contributed by atoms with Crippen LogP contribution in [0.25, 0.3) is 17.1 Å². The third-order valence-electron chi connectivity index (χ3n) is 4.23. The molecule has 0 spiro atoms. The second kappa shape index (κ2) is 8.53. The fraction of sp³-hybridized carbons (Fsp3) is 0.0476. The predicted octanol–water partition coefficient (Wildman–Crippen LogP) is 6.81. The Hall–Kier alpha value is -2.41. The first-order valence-corrected chi connectivity index (χ1v) is 10.3. The van der Waals surface area contributed by atoms with Crippen LogP contribution in [0.3, 0.4) is 0 Å². The lowest BCUT2D eigenvalue weighted by Crippen LogP contribution is -2.00. The van der Waals surface area contributed by atoms with Crippen LogP contribution in [0.2, 0.25) is 10.0 Å². The lowest BCUT2D eigenvalue weighted by molar-refractivity contribution is 0.566. The van der Waals surface area contributed by atoms with E-state index in [4.69, 9.17) is 23.2 Å². The third-order valence-corrected chi connectivity index (χ3v) is 5.69. The molecule has 0 fully saturated rings. The van der Waals surface area contributed by atoms with Gasteiger partial charge < -0.3 is 0 Å². The van der Waals surface area contributed by atoms with E-state index in [9.17, 15) is 8.78 Å². The van der Waals surface area contributed by atoms with Crippen LogP contribution >= 0.6 is 35.0 Å². The molecule has 0 aliphatic rings. The molecule has 8 heteroatoms. The highest BCUT2D eigenvalue weighted by molar-refractivity contribution is 7.98. The molecule has 4 aromatic rings. The minimum atomic E-state index is -0.590. The van der Waals surface area contributed by atoms with Gasteiger partial charge in [-0.25, -0.2) is 8.78 Å². The van der Waals surface area contributed by atoms with Gasteiger partial charge >= 0.3 is 0 Å². The van der Waals surface area contributed by atoms with Crippen molar-refractivity contribution < 1.29 is 8.78 Å². The SMILES string of the molecule is Fc1cccc(F)c1CSc1nnc(-c2ccc(Cl)cc2)n1-c1ccc(Cl)cc1. The summed E-state index contributed by atoms with van der Waals surface area (Å²) in [6, 6.07) is 18.2. The van der Waals surface area contributed by atoms with Gasteiger partial charge in [0.2, 0.25) is 0 Å². The Kier molecular flexibility index (Phi) is 5.85. The predicted molar refractivity (Wildman–Crippen MR) is 113 cm³/mol. The molecule has 0 radical (unpaired) electrons. The van der Waals surface area contributed by atoms with Crippen molar-refractivity contribution in [1.82, 2.24) is 14.8 Å². The quantitative estimate of drug-likeness (QED) is 0.314. The summed E-state index contributed by atoms with van der Waals surface area (Å²) >= 11 is 13.2. The summed E-state index contributed by atoms with van der Waals surface area (Å²) < 4.78 is 29.8. The highest BCUT2D eigenvalue weighted by Gasteiger charge is 2.18. The summed E-state index contributed by atoms with van der Waals surface area (Å²) in [5.74, 6) is -0.522. The fourth-order valence-corrected chi connectivity index (χ4v) is 4.00. The normalized spacial score (nSPS) is 11.0. The smallest absolute Gasteiger partial charge is 0.196 e. The van der Waals surface area contributed by atoms with Crippen molar-refractivity contribution in [2.75, 3.05) is 0 Å². The van der Waals surface area contributed by atoms with Gasteiger partial charge in [0.1, 0.15) is 11.6 Å². The molecule has 1 aromatic heterocycles. The van der Waals surface area contributed by atoms with Crippen molar-refractivity contribution in [3.63, 3.8) is 0 Å². The molecule has 0 saturated carbocycles. The zero-order valence-electron chi connectivity index (χ0n) is 14.8. The topological polar surface area (TPSA) is 30.7 Å². The van der Waals surface area contributed by atoms with Crippen LogP contribution in [0.5, 0.6) is 0 Å². The fourth-order valence-electron chi connectivity index (χ4n) is 2.78. The number of thioether (sulfide) groups is 1. The molecule has 4 rings (SSSR count). The van der Waals surface area contributed by atoms with E-state index < -0.39 is 11.6 Å². The van der Waals surface area contributed by atoms with E-state index in [0.29, 0.717) is 21.0 Å². The highest BCUT2D eigenvalue weighted by atomic mass is 35.5. The first-order chi connectivity index (χ1) is 14.0. The molecule has 29 heavy (non-hydrogen) atoms. The summed E-state index contributed by atoms with van der Waals surface area (Å²) in [6.45, 7) is 0. The van der Waals surface area contributed by atoms with Crippen molar-refractivity contribution in [2.45, 2.75) is 10.9 Å². The molecule has 0 saturated heterocycles. The van der Waals surface area contributed by atoms with Gasteiger partial charge in [0.15, 0.2) is 11.0 Å². The van der Waals surface area contributed by atoms with Gasteiger partial charge in [0.25, 0.3) is 0 Å². The molecule has 0 aliphatic heterocycles. The van der Waals surface area contributed by atoms with Gasteiger partial charge in [-0.05, 0) is 60.7 Å². The zero-order chi connectivity index (χ0) is 20.4. The number of rotatable bonds is 5. The van der Waals surface area contributed by atoms with E-state index in [1.54, 1.807) is 24.3 Å². The van der Waals surface area contributed by atoms with E-state index in [1.807, 2.05) is 28.8 Å². The van der Waals surface area contributed by atoms with Gasteiger partial charge in [0.05, 0.1) is 0 Å². The summed E-state index contributed by atoms with van der Waals surface area (Å²) in [7, 11) is 0. The average Bonchev–Trinajstić information content (AvgIpc) is 3.13. The molecule has 0 aliphatic carbocycles. The van der Waals surface area contributed by atoms with Crippen molar-refractivity contribution in [3.05, 3.63) is 94.0 Å². The molecule has 0 bridgehead atoms. The van der Waals surface area contributed by atoms with Gasteiger partial charge in [-0.15, -0.1) is 10.2 Å². The maximum atomic E-state index is 14.0. The molecular formula is C21H13Cl2F2N3S. The van der Waals surface area contributed by atoms with E-state index in [2.05, 4.69) is 10.2 Å². The van der Waals surface area contributed by atoms with E-state index in [-0.39, 0.29) is 11.3 Å². The van der Waals surface area contributed by atoms with Gasteiger partial charge in [0, 0.05) is 32.6 Å². The zero-order valence-corrected chi connectivity index (χ0v) is 17.1. The Balaban J connectivity index is 1.75. The molecule has 0 N–H and O–H groups in total. The summed E-state index contributed by atoms with van der Waals surface area (Å²) in [6.07, 6.45) is 0. The van der Waals surface area contributed by atoms with Crippen molar-refractivity contribution in [2.24, 2.45) is 0 Å². The summed E-state index contributed by atoms with van der Waals surface area (Å²) in [4.78, 5) is 0. The standard InChI is InChI=1S/C21H13Cl2F2N3S/c22-14-6-4-13(5-7-14)20-26-27-21(28(20)16-10-8-15(23)9-11-16)29-12-17-18(24)2-1-3-19(17)25/h1-11H,12H2. The second-order valence-electron chi connectivity index (χ2n) is 6.11. The maximum absolute atomic E-state index is 14.0. The second-order valence-corrected chi connectivity index (χ2v) is 7.93. The van der Waals surface area contributed by atoms with Crippen LogP contribution in [-0.4, -0.2) is 14.8 Å². The Morgan fingerprint density at radius 2 is 1.38 bits per heavy atom. The van der Waals surface area contributed by atoms with Crippen LogP contribution in [0.1, 0.15) is 5.56 Å². The van der Waals surface area contributed by atoms with Crippen LogP contribution in [0.15, 0.2) is 71.9 Å². The molecule has 3 nitrogen and oxygen atoms in total. The largest absolute Gasteiger partial charge is 0.270 e. The Morgan fingerprint density at radius 3 is 2.00 bits per heavy atom. The Labute approximate surface area is 180 Å². The minimum absolute atomic E-state index is 0.00352. The van der Waals surface area contributed by atoms with E-state index in [1.165, 1.54) is 30.0 Å². The Morgan fingerprint density at radius 1 is 0.793 bits per heavy atom. The van der Waals surface area contributed by atoms with Crippen molar-refractivity contribution in [1.29, 1.82) is 0 Å². The van der Waals surface area contributed by atoms with Crippen LogP contribution in [-0.2, 0) is 5.75 Å². The first-order valence-electron chi connectivity index (χ1n) is 8.56. The third kappa shape index (κ3) is 4.29. The number of hydrogen-bond donors (Lipinski definition) is 0. The van der Waals surface area contributed by atoms with E-state index in [0.717, 1.165) is 11.3 Å². The maximum Gasteiger partial charge on any atom is 0.196 e.